The van der Waals surface area contributed by atoms with E-state index < -0.39 is 0 Å². The van der Waals surface area contributed by atoms with Gasteiger partial charge in [-0.1, -0.05) is 45.0 Å². The number of hydrogen-bond acceptors (Lipinski definition) is 2. The molecule has 0 aromatic heterocycles. The topological polar surface area (TPSA) is 29.5 Å². The minimum absolute atomic E-state index is 0.0997. The summed E-state index contributed by atoms with van der Waals surface area (Å²) in [6.45, 7) is 9.32. The third-order valence-corrected chi connectivity index (χ3v) is 4.05. The highest BCUT2D eigenvalue weighted by molar-refractivity contribution is 5.23. The molecule has 1 rings (SSSR count). The third-order valence-electron chi connectivity index (χ3n) is 4.05. The number of hydrogen-bond donors (Lipinski definition) is 1. The minimum Gasteiger partial charge on any atom is -0.394 e. The lowest BCUT2D eigenvalue weighted by Crippen LogP contribution is -2.32. The van der Waals surface area contributed by atoms with Crippen LogP contribution in [0.2, 0.25) is 0 Å². The third kappa shape index (κ3) is 5.64. The molecule has 0 aliphatic carbocycles. The first-order chi connectivity index (χ1) is 9.53. The number of ether oxygens (including phenoxy) is 1. The molecule has 0 bridgehead atoms. The molecule has 2 unspecified atom stereocenters. The van der Waals surface area contributed by atoms with Crippen LogP contribution in [0.15, 0.2) is 24.3 Å². The van der Waals surface area contributed by atoms with Crippen molar-refractivity contribution in [3.8, 4) is 0 Å². The predicted molar refractivity (Wildman–Crippen MR) is 85.0 cm³/mol. The van der Waals surface area contributed by atoms with Gasteiger partial charge >= 0.3 is 0 Å². The SMILES string of the molecule is CCc1cccc(CC(C)CC(C)(CC)OCCO)c1. The number of rotatable bonds is 9. The van der Waals surface area contributed by atoms with E-state index in [0.717, 1.165) is 25.7 Å². The van der Waals surface area contributed by atoms with Gasteiger partial charge in [0, 0.05) is 0 Å². The zero-order valence-electron chi connectivity index (χ0n) is 13.5. The second kappa shape index (κ2) is 8.43. The molecule has 2 nitrogen and oxygen atoms in total. The van der Waals surface area contributed by atoms with Gasteiger partial charge in [0.2, 0.25) is 0 Å². The van der Waals surface area contributed by atoms with Crippen LogP contribution < -0.4 is 0 Å². The van der Waals surface area contributed by atoms with Crippen LogP contribution in [-0.2, 0) is 17.6 Å². The lowest BCUT2D eigenvalue weighted by atomic mass is 9.86. The van der Waals surface area contributed by atoms with Gasteiger partial charge in [0.25, 0.3) is 0 Å². The van der Waals surface area contributed by atoms with Crippen LogP contribution in [-0.4, -0.2) is 23.9 Å². The van der Waals surface area contributed by atoms with E-state index >= 15 is 0 Å². The molecule has 0 radical (unpaired) electrons. The van der Waals surface area contributed by atoms with Crippen molar-refractivity contribution < 1.29 is 9.84 Å². The molecule has 1 aromatic carbocycles. The average molecular weight is 278 g/mol. The zero-order chi connectivity index (χ0) is 15.0. The average Bonchev–Trinajstić information content (AvgIpc) is 2.45. The fourth-order valence-corrected chi connectivity index (χ4v) is 2.79. The summed E-state index contributed by atoms with van der Waals surface area (Å²) in [5.74, 6) is 0.575. The molecule has 0 saturated heterocycles. The highest BCUT2D eigenvalue weighted by Gasteiger charge is 2.25. The highest BCUT2D eigenvalue weighted by Crippen LogP contribution is 2.26. The largest absolute Gasteiger partial charge is 0.394 e. The molecule has 0 heterocycles. The number of aryl methyl sites for hydroxylation is 1. The molecule has 114 valence electrons. The Labute approximate surface area is 124 Å². The fourth-order valence-electron chi connectivity index (χ4n) is 2.79. The van der Waals surface area contributed by atoms with Crippen molar-refractivity contribution in [1.82, 2.24) is 0 Å². The molecule has 0 saturated carbocycles. The van der Waals surface area contributed by atoms with Crippen LogP contribution in [0, 0.1) is 5.92 Å². The molecule has 0 aliphatic rings. The van der Waals surface area contributed by atoms with Crippen LogP contribution in [0.1, 0.15) is 51.7 Å². The van der Waals surface area contributed by atoms with Crippen molar-refractivity contribution in [3.63, 3.8) is 0 Å². The van der Waals surface area contributed by atoms with Crippen molar-refractivity contribution >= 4 is 0 Å². The quantitative estimate of drug-likeness (QED) is 0.740. The zero-order valence-corrected chi connectivity index (χ0v) is 13.5. The Balaban J connectivity index is 2.58. The van der Waals surface area contributed by atoms with Gasteiger partial charge < -0.3 is 9.84 Å². The molecule has 0 amide bonds. The van der Waals surface area contributed by atoms with E-state index in [0.29, 0.717) is 12.5 Å². The van der Waals surface area contributed by atoms with Crippen molar-refractivity contribution in [2.75, 3.05) is 13.2 Å². The van der Waals surface area contributed by atoms with E-state index in [4.69, 9.17) is 9.84 Å². The van der Waals surface area contributed by atoms with Crippen molar-refractivity contribution in [3.05, 3.63) is 35.4 Å². The molecule has 2 atom stereocenters. The van der Waals surface area contributed by atoms with Crippen LogP contribution in [0.5, 0.6) is 0 Å². The maximum absolute atomic E-state index is 8.93. The molecule has 1 aromatic rings. The highest BCUT2D eigenvalue weighted by atomic mass is 16.5. The molecule has 20 heavy (non-hydrogen) atoms. The van der Waals surface area contributed by atoms with Gasteiger partial charge in [0.1, 0.15) is 0 Å². The molecular weight excluding hydrogens is 248 g/mol. The van der Waals surface area contributed by atoms with E-state index in [1.165, 1.54) is 11.1 Å². The van der Waals surface area contributed by atoms with Gasteiger partial charge in [-0.2, -0.15) is 0 Å². The van der Waals surface area contributed by atoms with Crippen molar-refractivity contribution in [2.24, 2.45) is 5.92 Å². The maximum Gasteiger partial charge on any atom is 0.0705 e. The molecular formula is C18H30O2. The monoisotopic (exact) mass is 278 g/mol. The Hall–Kier alpha value is -0.860. The Morgan fingerprint density at radius 1 is 1.25 bits per heavy atom. The van der Waals surface area contributed by atoms with E-state index in [1.54, 1.807) is 0 Å². The lowest BCUT2D eigenvalue weighted by molar-refractivity contribution is -0.0612. The molecule has 0 aliphatic heterocycles. The number of aliphatic hydroxyl groups excluding tert-OH is 1. The summed E-state index contributed by atoms with van der Waals surface area (Å²) in [7, 11) is 0. The standard InChI is InChI=1S/C18H30O2/c1-5-16-8-7-9-17(13-16)12-15(3)14-18(4,6-2)20-11-10-19/h7-9,13,15,19H,5-6,10-12,14H2,1-4H3. The Morgan fingerprint density at radius 2 is 1.95 bits per heavy atom. The van der Waals surface area contributed by atoms with Gasteiger partial charge in [0.15, 0.2) is 0 Å². The molecule has 2 heteroatoms. The van der Waals surface area contributed by atoms with Gasteiger partial charge in [-0.15, -0.1) is 0 Å². The number of aliphatic hydroxyl groups is 1. The first-order valence-electron chi connectivity index (χ1n) is 7.85. The maximum atomic E-state index is 8.93. The van der Waals surface area contributed by atoms with Crippen LogP contribution in [0.25, 0.3) is 0 Å². The smallest absolute Gasteiger partial charge is 0.0705 e. The normalized spacial score (nSPS) is 15.8. The van der Waals surface area contributed by atoms with E-state index in [2.05, 4.69) is 52.0 Å². The first kappa shape index (κ1) is 17.2. The van der Waals surface area contributed by atoms with Crippen molar-refractivity contribution in [2.45, 2.75) is 59.0 Å². The fraction of sp³-hybridized carbons (Fsp3) is 0.667. The Kier molecular flexibility index (Phi) is 7.25. The van der Waals surface area contributed by atoms with Crippen molar-refractivity contribution in [1.29, 1.82) is 0 Å². The Bertz CT molecular complexity index is 389. The summed E-state index contributed by atoms with van der Waals surface area (Å²) in [4.78, 5) is 0. The van der Waals surface area contributed by atoms with Gasteiger partial charge in [-0.25, -0.2) is 0 Å². The summed E-state index contributed by atoms with van der Waals surface area (Å²) in [5, 5.41) is 8.93. The van der Waals surface area contributed by atoms with Crippen LogP contribution in [0.3, 0.4) is 0 Å². The van der Waals surface area contributed by atoms with E-state index in [-0.39, 0.29) is 12.2 Å². The van der Waals surface area contributed by atoms with Crippen LogP contribution in [0.4, 0.5) is 0 Å². The molecule has 0 spiro atoms. The predicted octanol–water partition coefficient (Wildman–Crippen LogP) is 4.00. The van der Waals surface area contributed by atoms with Gasteiger partial charge in [0.05, 0.1) is 18.8 Å². The summed E-state index contributed by atoms with van der Waals surface area (Å²) >= 11 is 0. The molecule has 1 N–H and O–H groups in total. The van der Waals surface area contributed by atoms with Crippen LogP contribution >= 0.6 is 0 Å². The Morgan fingerprint density at radius 3 is 2.55 bits per heavy atom. The first-order valence-corrected chi connectivity index (χ1v) is 7.85. The number of benzene rings is 1. The van der Waals surface area contributed by atoms with Gasteiger partial charge in [-0.05, 0) is 49.7 Å². The van der Waals surface area contributed by atoms with E-state index in [9.17, 15) is 0 Å². The van der Waals surface area contributed by atoms with Gasteiger partial charge in [-0.3, -0.25) is 0 Å². The second-order valence-electron chi connectivity index (χ2n) is 6.06. The minimum atomic E-state index is -0.121. The molecule has 0 fully saturated rings. The summed E-state index contributed by atoms with van der Waals surface area (Å²) in [6, 6.07) is 8.87. The summed E-state index contributed by atoms with van der Waals surface area (Å²) in [5.41, 5.74) is 2.70. The summed E-state index contributed by atoms with van der Waals surface area (Å²) < 4.78 is 5.83. The second-order valence-corrected chi connectivity index (χ2v) is 6.06. The lowest BCUT2D eigenvalue weighted by Gasteiger charge is -2.31. The summed E-state index contributed by atoms with van der Waals surface area (Å²) in [6.07, 6.45) is 4.19. The van der Waals surface area contributed by atoms with E-state index in [1.807, 2.05) is 0 Å².